The number of amides is 1. The number of thioether (sulfide) groups is 1. The van der Waals surface area contributed by atoms with Crippen molar-refractivity contribution in [1.82, 2.24) is 5.43 Å². The summed E-state index contributed by atoms with van der Waals surface area (Å²) in [5, 5.41) is 0. The maximum Gasteiger partial charge on any atom is 0.300 e. The molecule has 0 saturated heterocycles. The molecule has 0 saturated carbocycles. The highest BCUT2D eigenvalue weighted by Crippen LogP contribution is 2.27. The van der Waals surface area contributed by atoms with Crippen molar-refractivity contribution >= 4 is 23.4 Å². The Hall–Kier alpha value is -1.99. The first kappa shape index (κ1) is 14.4. The van der Waals surface area contributed by atoms with E-state index in [2.05, 4.69) is 0 Å². The van der Waals surface area contributed by atoms with E-state index in [1.165, 1.54) is 23.9 Å². The Morgan fingerprint density at radius 3 is 2.85 bits per heavy atom. The van der Waals surface area contributed by atoms with Crippen molar-refractivity contribution in [3.05, 3.63) is 47.2 Å². The standard InChI is InChI=1S/C13H14FN3O2S/c1-7-8(4-12(19-7)13(18)17-16)6-20-9-2-3-11(15)10(14)5-9/h2-5H,6,15-16H2,1H3,(H,17,18). The fourth-order valence-corrected chi connectivity index (χ4v) is 2.56. The van der Waals surface area contributed by atoms with Gasteiger partial charge in [-0.15, -0.1) is 11.8 Å². The Labute approximate surface area is 119 Å². The fraction of sp³-hybridized carbons (Fsp3) is 0.154. The second kappa shape index (κ2) is 5.98. The number of hydrogen-bond acceptors (Lipinski definition) is 5. The van der Waals surface area contributed by atoms with Crippen LogP contribution in [-0.4, -0.2) is 5.91 Å². The van der Waals surface area contributed by atoms with E-state index in [4.69, 9.17) is 16.0 Å². The van der Waals surface area contributed by atoms with E-state index in [0.29, 0.717) is 11.5 Å². The second-order valence-corrected chi connectivity index (χ2v) is 5.19. The number of furan rings is 1. The molecule has 5 nitrogen and oxygen atoms in total. The Bertz CT molecular complexity index is 643. The van der Waals surface area contributed by atoms with E-state index in [1.54, 1.807) is 19.1 Å². The van der Waals surface area contributed by atoms with Gasteiger partial charge in [-0.3, -0.25) is 10.2 Å². The number of anilines is 1. The zero-order chi connectivity index (χ0) is 14.7. The number of benzene rings is 1. The van der Waals surface area contributed by atoms with E-state index in [0.717, 1.165) is 10.5 Å². The van der Waals surface area contributed by atoms with Gasteiger partial charge in [0.1, 0.15) is 11.6 Å². The highest BCUT2D eigenvalue weighted by Gasteiger charge is 2.13. The Kier molecular flexibility index (Phi) is 4.31. The Morgan fingerprint density at radius 2 is 2.20 bits per heavy atom. The number of carbonyl (C=O) groups is 1. The van der Waals surface area contributed by atoms with Crippen LogP contribution >= 0.6 is 11.8 Å². The molecule has 1 heterocycles. The lowest BCUT2D eigenvalue weighted by atomic mass is 10.3. The summed E-state index contributed by atoms with van der Waals surface area (Å²) in [5.41, 5.74) is 8.40. The summed E-state index contributed by atoms with van der Waals surface area (Å²) >= 11 is 1.42. The SMILES string of the molecule is Cc1oc(C(=O)NN)cc1CSc1ccc(N)c(F)c1. The highest BCUT2D eigenvalue weighted by atomic mass is 32.2. The van der Waals surface area contributed by atoms with Crippen LogP contribution in [0.3, 0.4) is 0 Å². The quantitative estimate of drug-likeness (QED) is 0.264. The first-order valence-corrected chi connectivity index (χ1v) is 6.78. The summed E-state index contributed by atoms with van der Waals surface area (Å²) in [4.78, 5) is 12.1. The van der Waals surface area contributed by atoms with Gasteiger partial charge in [-0.2, -0.15) is 0 Å². The molecule has 0 aliphatic rings. The number of nitrogens with one attached hydrogen (secondary N) is 1. The number of carbonyl (C=O) groups excluding carboxylic acids is 1. The van der Waals surface area contributed by atoms with Gasteiger partial charge in [0.25, 0.3) is 0 Å². The molecule has 0 aliphatic heterocycles. The highest BCUT2D eigenvalue weighted by molar-refractivity contribution is 7.98. The maximum atomic E-state index is 13.3. The molecule has 0 spiro atoms. The van der Waals surface area contributed by atoms with Crippen molar-refractivity contribution < 1.29 is 13.6 Å². The van der Waals surface area contributed by atoms with Gasteiger partial charge in [-0.05, 0) is 31.2 Å². The zero-order valence-electron chi connectivity index (χ0n) is 10.8. The van der Waals surface area contributed by atoms with Gasteiger partial charge in [-0.1, -0.05) is 0 Å². The van der Waals surface area contributed by atoms with E-state index < -0.39 is 11.7 Å². The average Bonchev–Trinajstić information content (AvgIpc) is 2.80. The minimum absolute atomic E-state index is 0.121. The summed E-state index contributed by atoms with van der Waals surface area (Å²) in [6, 6.07) is 6.26. The summed E-state index contributed by atoms with van der Waals surface area (Å²) in [5.74, 6) is 5.46. The van der Waals surface area contributed by atoms with E-state index in [-0.39, 0.29) is 11.4 Å². The molecule has 0 unspecified atom stereocenters. The monoisotopic (exact) mass is 295 g/mol. The molecule has 2 rings (SSSR count). The van der Waals surface area contributed by atoms with Crippen molar-refractivity contribution in [2.75, 3.05) is 5.73 Å². The normalized spacial score (nSPS) is 10.6. The molecule has 1 aromatic heterocycles. The van der Waals surface area contributed by atoms with Gasteiger partial charge < -0.3 is 10.2 Å². The van der Waals surface area contributed by atoms with Gasteiger partial charge in [0, 0.05) is 16.2 Å². The Balaban J connectivity index is 2.08. The van der Waals surface area contributed by atoms with Crippen LogP contribution in [0.25, 0.3) is 0 Å². The van der Waals surface area contributed by atoms with Crippen LogP contribution in [-0.2, 0) is 5.75 Å². The van der Waals surface area contributed by atoms with Crippen molar-refractivity contribution in [3.8, 4) is 0 Å². The van der Waals surface area contributed by atoms with Gasteiger partial charge in [0.2, 0.25) is 0 Å². The van der Waals surface area contributed by atoms with Gasteiger partial charge in [0.15, 0.2) is 5.76 Å². The molecule has 20 heavy (non-hydrogen) atoms. The van der Waals surface area contributed by atoms with Crippen molar-refractivity contribution in [2.45, 2.75) is 17.6 Å². The van der Waals surface area contributed by atoms with Crippen LogP contribution in [0, 0.1) is 12.7 Å². The smallest absolute Gasteiger partial charge is 0.300 e. The molecule has 5 N–H and O–H groups in total. The summed E-state index contributed by atoms with van der Waals surface area (Å²) in [6.45, 7) is 1.76. The first-order chi connectivity index (χ1) is 9.51. The third kappa shape index (κ3) is 3.12. The number of nitrogen functional groups attached to an aromatic ring is 2. The molecule has 106 valence electrons. The van der Waals surface area contributed by atoms with Crippen LogP contribution in [0.5, 0.6) is 0 Å². The molecular weight excluding hydrogens is 281 g/mol. The first-order valence-electron chi connectivity index (χ1n) is 5.79. The summed E-state index contributed by atoms with van der Waals surface area (Å²) in [7, 11) is 0. The largest absolute Gasteiger partial charge is 0.456 e. The molecule has 1 aromatic carbocycles. The van der Waals surface area contributed by atoms with Gasteiger partial charge in [-0.25, -0.2) is 10.2 Å². The molecular formula is C13H14FN3O2S. The molecule has 7 heteroatoms. The van der Waals surface area contributed by atoms with Crippen molar-refractivity contribution in [2.24, 2.45) is 5.84 Å². The van der Waals surface area contributed by atoms with E-state index >= 15 is 0 Å². The number of aryl methyl sites for hydroxylation is 1. The predicted molar refractivity (Wildman–Crippen MR) is 75.5 cm³/mol. The molecule has 0 aliphatic carbocycles. The number of hydrogen-bond donors (Lipinski definition) is 3. The molecule has 2 aromatic rings. The van der Waals surface area contributed by atoms with Crippen LogP contribution < -0.4 is 17.0 Å². The van der Waals surface area contributed by atoms with E-state index in [1.807, 2.05) is 5.43 Å². The summed E-state index contributed by atoms with van der Waals surface area (Å²) < 4.78 is 18.6. The molecule has 0 atom stereocenters. The second-order valence-electron chi connectivity index (χ2n) is 4.14. The lowest BCUT2D eigenvalue weighted by Crippen LogP contribution is -2.29. The summed E-state index contributed by atoms with van der Waals surface area (Å²) in [6.07, 6.45) is 0. The average molecular weight is 295 g/mol. The van der Waals surface area contributed by atoms with Gasteiger partial charge >= 0.3 is 5.91 Å². The van der Waals surface area contributed by atoms with Crippen molar-refractivity contribution in [3.63, 3.8) is 0 Å². The van der Waals surface area contributed by atoms with E-state index in [9.17, 15) is 9.18 Å². The number of nitrogens with two attached hydrogens (primary N) is 2. The molecule has 0 fully saturated rings. The minimum Gasteiger partial charge on any atom is -0.456 e. The molecule has 0 bridgehead atoms. The molecule has 1 amide bonds. The maximum absolute atomic E-state index is 13.3. The number of halogens is 1. The fourth-order valence-electron chi connectivity index (χ4n) is 1.60. The minimum atomic E-state index is -0.483. The van der Waals surface area contributed by atoms with Gasteiger partial charge in [0.05, 0.1) is 5.69 Å². The molecule has 0 radical (unpaired) electrons. The number of rotatable bonds is 4. The third-order valence-corrected chi connectivity index (χ3v) is 3.78. The predicted octanol–water partition coefficient (Wildman–Crippen LogP) is 2.21. The van der Waals surface area contributed by atoms with Crippen LogP contribution in [0.15, 0.2) is 33.6 Å². The Morgan fingerprint density at radius 1 is 1.45 bits per heavy atom. The lowest BCUT2D eigenvalue weighted by molar-refractivity contribution is 0.0924. The van der Waals surface area contributed by atoms with Crippen LogP contribution in [0.1, 0.15) is 21.9 Å². The third-order valence-electron chi connectivity index (χ3n) is 2.74. The zero-order valence-corrected chi connectivity index (χ0v) is 11.6. The van der Waals surface area contributed by atoms with Crippen molar-refractivity contribution in [1.29, 1.82) is 0 Å². The number of hydrazine groups is 1. The van der Waals surface area contributed by atoms with Crippen LogP contribution in [0.4, 0.5) is 10.1 Å². The lowest BCUT2D eigenvalue weighted by Gasteiger charge is -2.02. The van der Waals surface area contributed by atoms with Crippen LogP contribution in [0.2, 0.25) is 0 Å². The topological polar surface area (TPSA) is 94.3 Å².